The molecule has 1 amide bonds. The average molecular weight is 286 g/mol. The quantitative estimate of drug-likeness (QED) is 0.878. The van der Waals surface area contributed by atoms with Crippen LogP contribution < -0.4 is 10.6 Å². The summed E-state index contributed by atoms with van der Waals surface area (Å²) in [6.07, 6.45) is 3.47. The molecule has 3 heteroatoms. The fourth-order valence-corrected chi connectivity index (χ4v) is 3.71. The smallest absolute Gasteiger partial charge is 0.229 e. The normalized spacial score (nSPS) is 32.3. The number of benzene rings is 1. The Labute approximate surface area is 127 Å². The topological polar surface area (TPSA) is 41.1 Å². The van der Waals surface area contributed by atoms with E-state index in [0.717, 1.165) is 31.8 Å². The maximum absolute atomic E-state index is 12.7. The SMILES string of the molecule is CC1CCC(NC(=O)C2CNCc3ccccc32)CC1C. The molecule has 1 aliphatic carbocycles. The van der Waals surface area contributed by atoms with E-state index < -0.39 is 0 Å². The molecule has 0 bridgehead atoms. The standard InChI is InChI=1S/C18H26N2O/c1-12-7-8-15(9-13(12)2)20-18(21)17-11-19-10-14-5-3-4-6-16(14)17/h3-6,12-13,15,17,19H,7-11H2,1-2H3,(H,20,21). The Kier molecular flexibility index (Phi) is 4.29. The van der Waals surface area contributed by atoms with Gasteiger partial charge in [-0.3, -0.25) is 4.79 Å². The van der Waals surface area contributed by atoms with Crippen LogP contribution in [0.2, 0.25) is 0 Å². The van der Waals surface area contributed by atoms with Crippen LogP contribution in [0, 0.1) is 11.8 Å². The highest BCUT2D eigenvalue weighted by molar-refractivity contribution is 5.85. The summed E-state index contributed by atoms with van der Waals surface area (Å²) in [6.45, 7) is 6.25. The molecule has 0 spiro atoms. The first-order valence-corrected chi connectivity index (χ1v) is 8.24. The van der Waals surface area contributed by atoms with Crippen LogP contribution >= 0.6 is 0 Å². The minimum atomic E-state index is -0.0374. The van der Waals surface area contributed by atoms with Gasteiger partial charge in [0.15, 0.2) is 0 Å². The van der Waals surface area contributed by atoms with Crippen molar-refractivity contribution in [3.63, 3.8) is 0 Å². The van der Waals surface area contributed by atoms with Crippen molar-refractivity contribution < 1.29 is 4.79 Å². The zero-order chi connectivity index (χ0) is 14.8. The second-order valence-corrected chi connectivity index (χ2v) is 6.86. The maximum atomic E-state index is 12.7. The third kappa shape index (κ3) is 3.13. The van der Waals surface area contributed by atoms with Crippen molar-refractivity contribution in [3.8, 4) is 0 Å². The van der Waals surface area contributed by atoms with E-state index in [2.05, 4.69) is 36.6 Å². The number of rotatable bonds is 2. The summed E-state index contributed by atoms with van der Waals surface area (Å²) >= 11 is 0. The molecular formula is C18H26N2O. The number of carbonyl (C=O) groups is 1. The Morgan fingerprint density at radius 1 is 1.19 bits per heavy atom. The van der Waals surface area contributed by atoms with Gasteiger partial charge in [0.1, 0.15) is 0 Å². The molecule has 0 radical (unpaired) electrons. The van der Waals surface area contributed by atoms with Crippen molar-refractivity contribution in [3.05, 3.63) is 35.4 Å². The first-order chi connectivity index (χ1) is 10.1. The number of fused-ring (bicyclic) bond motifs is 1. The largest absolute Gasteiger partial charge is 0.353 e. The minimum Gasteiger partial charge on any atom is -0.353 e. The summed E-state index contributed by atoms with van der Waals surface area (Å²) in [7, 11) is 0. The molecule has 0 aromatic heterocycles. The fraction of sp³-hybridized carbons (Fsp3) is 0.611. The van der Waals surface area contributed by atoms with Crippen LogP contribution in [-0.4, -0.2) is 18.5 Å². The Morgan fingerprint density at radius 3 is 2.81 bits per heavy atom. The number of carbonyl (C=O) groups excluding carboxylic acids is 1. The number of nitrogens with one attached hydrogen (secondary N) is 2. The summed E-state index contributed by atoms with van der Waals surface area (Å²) in [5.41, 5.74) is 2.46. The summed E-state index contributed by atoms with van der Waals surface area (Å²) < 4.78 is 0. The highest BCUT2D eigenvalue weighted by Gasteiger charge is 2.30. The minimum absolute atomic E-state index is 0.0374. The molecule has 2 N–H and O–H groups in total. The van der Waals surface area contributed by atoms with Gasteiger partial charge in [-0.1, -0.05) is 38.1 Å². The molecule has 4 unspecified atom stereocenters. The molecule has 3 rings (SSSR count). The Morgan fingerprint density at radius 2 is 2.00 bits per heavy atom. The zero-order valence-electron chi connectivity index (χ0n) is 13.1. The lowest BCUT2D eigenvalue weighted by atomic mass is 9.79. The van der Waals surface area contributed by atoms with Gasteiger partial charge in [-0.25, -0.2) is 0 Å². The number of amides is 1. The van der Waals surface area contributed by atoms with Crippen molar-refractivity contribution in [2.24, 2.45) is 11.8 Å². The maximum Gasteiger partial charge on any atom is 0.229 e. The lowest BCUT2D eigenvalue weighted by Gasteiger charge is -2.34. The predicted octanol–water partition coefficient (Wildman–Crippen LogP) is 2.81. The van der Waals surface area contributed by atoms with E-state index >= 15 is 0 Å². The third-order valence-electron chi connectivity index (χ3n) is 5.36. The highest BCUT2D eigenvalue weighted by atomic mass is 16.2. The molecule has 3 nitrogen and oxygen atoms in total. The first kappa shape index (κ1) is 14.6. The van der Waals surface area contributed by atoms with E-state index in [0.29, 0.717) is 12.0 Å². The van der Waals surface area contributed by atoms with Gasteiger partial charge in [-0.2, -0.15) is 0 Å². The molecule has 1 fully saturated rings. The molecule has 21 heavy (non-hydrogen) atoms. The van der Waals surface area contributed by atoms with E-state index in [1.54, 1.807) is 0 Å². The van der Waals surface area contributed by atoms with E-state index in [-0.39, 0.29) is 11.8 Å². The van der Waals surface area contributed by atoms with E-state index in [1.807, 2.05) is 12.1 Å². The molecule has 2 aliphatic rings. The van der Waals surface area contributed by atoms with Gasteiger partial charge in [-0.05, 0) is 42.2 Å². The van der Waals surface area contributed by atoms with Crippen molar-refractivity contribution in [2.45, 2.75) is 51.6 Å². The van der Waals surface area contributed by atoms with Crippen LogP contribution in [0.15, 0.2) is 24.3 Å². The van der Waals surface area contributed by atoms with Gasteiger partial charge >= 0.3 is 0 Å². The van der Waals surface area contributed by atoms with Gasteiger partial charge in [-0.15, -0.1) is 0 Å². The molecule has 0 saturated heterocycles. The Balaban J connectivity index is 1.67. The monoisotopic (exact) mass is 286 g/mol. The van der Waals surface area contributed by atoms with Crippen LogP contribution in [0.3, 0.4) is 0 Å². The van der Waals surface area contributed by atoms with Crippen molar-refractivity contribution >= 4 is 5.91 Å². The lowest BCUT2D eigenvalue weighted by Crippen LogP contribution is -2.45. The molecular weight excluding hydrogens is 260 g/mol. The Hall–Kier alpha value is -1.35. The van der Waals surface area contributed by atoms with Crippen LogP contribution in [0.5, 0.6) is 0 Å². The number of hydrogen-bond acceptors (Lipinski definition) is 2. The van der Waals surface area contributed by atoms with Crippen molar-refractivity contribution in [1.29, 1.82) is 0 Å². The summed E-state index contributed by atoms with van der Waals surface area (Å²) in [4.78, 5) is 12.7. The van der Waals surface area contributed by atoms with Crippen LogP contribution in [0.1, 0.15) is 50.2 Å². The van der Waals surface area contributed by atoms with Gasteiger partial charge in [0.2, 0.25) is 5.91 Å². The molecule has 114 valence electrons. The second-order valence-electron chi connectivity index (χ2n) is 6.86. The van der Waals surface area contributed by atoms with E-state index in [4.69, 9.17) is 0 Å². The molecule has 4 atom stereocenters. The summed E-state index contributed by atoms with van der Waals surface area (Å²) in [5.74, 6) is 1.65. The van der Waals surface area contributed by atoms with Gasteiger partial charge in [0.25, 0.3) is 0 Å². The zero-order valence-corrected chi connectivity index (χ0v) is 13.1. The van der Waals surface area contributed by atoms with Crippen LogP contribution in [0.4, 0.5) is 0 Å². The average Bonchev–Trinajstić information content (AvgIpc) is 2.50. The van der Waals surface area contributed by atoms with Crippen molar-refractivity contribution in [2.75, 3.05) is 6.54 Å². The van der Waals surface area contributed by atoms with Gasteiger partial charge in [0, 0.05) is 19.1 Å². The van der Waals surface area contributed by atoms with Crippen LogP contribution in [0.25, 0.3) is 0 Å². The van der Waals surface area contributed by atoms with Gasteiger partial charge in [0.05, 0.1) is 5.92 Å². The fourth-order valence-electron chi connectivity index (χ4n) is 3.71. The molecule has 1 aromatic rings. The van der Waals surface area contributed by atoms with Gasteiger partial charge < -0.3 is 10.6 Å². The molecule has 1 heterocycles. The van der Waals surface area contributed by atoms with Crippen molar-refractivity contribution in [1.82, 2.24) is 10.6 Å². The van der Waals surface area contributed by atoms with Crippen LogP contribution in [-0.2, 0) is 11.3 Å². The number of hydrogen-bond donors (Lipinski definition) is 2. The third-order valence-corrected chi connectivity index (χ3v) is 5.36. The summed E-state index contributed by atoms with van der Waals surface area (Å²) in [6, 6.07) is 8.66. The van der Waals surface area contributed by atoms with E-state index in [1.165, 1.54) is 17.5 Å². The highest BCUT2D eigenvalue weighted by Crippen LogP contribution is 2.30. The lowest BCUT2D eigenvalue weighted by molar-refractivity contribution is -0.123. The predicted molar refractivity (Wildman–Crippen MR) is 85.0 cm³/mol. The first-order valence-electron chi connectivity index (χ1n) is 8.24. The summed E-state index contributed by atoms with van der Waals surface area (Å²) in [5, 5.41) is 6.67. The second kappa shape index (κ2) is 6.18. The van der Waals surface area contributed by atoms with E-state index in [9.17, 15) is 4.79 Å². The molecule has 1 aliphatic heterocycles. The Bertz CT molecular complexity index is 514. The molecule has 1 saturated carbocycles. The molecule has 1 aromatic carbocycles.